The lowest BCUT2D eigenvalue weighted by molar-refractivity contribution is -0.178. The van der Waals surface area contributed by atoms with Crippen LogP contribution in [0.4, 0.5) is 0 Å². The molecule has 1 rings (SSSR count). The molecule has 1 fully saturated rings. The van der Waals surface area contributed by atoms with Gasteiger partial charge in [0.2, 0.25) is 0 Å². The van der Waals surface area contributed by atoms with Gasteiger partial charge in [-0.2, -0.15) is 0 Å². The molecular formula is C19H38O4. The molecule has 0 saturated carbocycles. The van der Waals surface area contributed by atoms with Crippen molar-refractivity contribution in [1.82, 2.24) is 0 Å². The Bertz CT molecular complexity index is 311. The zero-order valence-corrected chi connectivity index (χ0v) is 15.9. The van der Waals surface area contributed by atoms with Crippen molar-refractivity contribution in [3.63, 3.8) is 0 Å². The summed E-state index contributed by atoms with van der Waals surface area (Å²) >= 11 is 0. The lowest BCUT2D eigenvalue weighted by Gasteiger charge is -2.24. The molecule has 5 atom stereocenters. The van der Waals surface area contributed by atoms with Gasteiger partial charge in [0.05, 0.1) is 12.2 Å². The van der Waals surface area contributed by atoms with E-state index in [2.05, 4.69) is 20.8 Å². The van der Waals surface area contributed by atoms with E-state index in [1.165, 1.54) is 25.7 Å². The van der Waals surface area contributed by atoms with Gasteiger partial charge in [0.1, 0.15) is 12.2 Å². The van der Waals surface area contributed by atoms with Gasteiger partial charge in [-0.25, -0.2) is 0 Å². The Morgan fingerprint density at radius 2 is 1.30 bits per heavy atom. The lowest BCUT2D eigenvalue weighted by atomic mass is 9.94. The molecule has 1 aliphatic rings. The van der Waals surface area contributed by atoms with E-state index in [9.17, 15) is 10.2 Å². The van der Waals surface area contributed by atoms with Crippen LogP contribution in [0.5, 0.6) is 0 Å². The molecule has 0 amide bonds. The maximum atomic E-state index is 9.84. The van der Waals surface area contributed by atoms with Crippen LogP contribution in [0.1, 0.15) is 80.1 Å². The molecule has 0 radical (unpaired) electrons. The Hall–Kier alpha value is -0.160. The first-order chi connectivity index (χ1) is 10.6. The van der Waals surface area contributed by atoms with Crippen LogP contribution in [-0.2, 0) is 9.47 Å². The molecule has 0 aromatic heterocycles. The van der Waals surface area contributed by atoms with Crippen molar-refractivity contribution in [3.05, 3.63) is 0 Å². The molecule has 0 bridgehead atoms. The van der Waals surface area contributed by atoms with Gasteiger partial charge in [0.25, 0.3) is 0 Å². The van der Waals surface area contributed by atoms with Crippen molar-refractivity contribution < 1.29 is 19.7 Å². The van der Waals surface area contributed by atoms with Crippen LogP contribution >= 0.6 is 0 Å². The van der Waals surface area contributed by atoms with Crippen molar-refractivity contribution >= 4 is 0 Å². The monoisotopic (exact) mass is 330 g/mol. The van der Waals surface area contributed by atoms with Gasteiger partial charge < -0.3 is 19.7 Å². The van der Waals surface area contributed by atoms with E-state index >= 15 is 0 Å². The van der Waals surface area contributed by atoms with Gasteiger partial charge in [-0.15, -0.1) is 0 Å². The predicted molar refractivity (Wildman–Crippen MR) is 93.2 cm³/mol. The Morgan fingerprint density at radius 1 is 0.826 bits per heavy atom. The molecule has 23 heavy (non-hydrogen) atoms. The van der Waals surface area contributed by atoms with Crippen LogP contribution < -0.4 is 0 Å². The van der Waals surface area contributed by atoms with Gasteiger partial charge in [0.15, 0.2) is 5.79 Å². The third-order valence-corrected chi connectivity index (χ3v) is 4.85. The fraction of sp³-hybridized carbons (Fsp3) is 1.00. The van der Waals surface area contributed by atoms with Crippen molar-refractivity contribution in [2.24, 2.45) is 11.8 Å². The number of hydrogen-bond acceptors (Lipinski definition) is 4. The normalized spacial score (nSPS) is 32.2. The number of aliphatic hydroxyl groups is 2. The number of aliphatic hydroxyl groups excluding tert-OH is 2. The number of hydrogen-bond donors (Lipinski definition) is 2. The third-order valence-electron chi connectivity index (χ3n) is 4.85. The average molecular weight is 331 g/mol. The molecule has 3 unspecified atom stereocenters. The first-order valence-electron chi connectivity index (χ1n) is 9.36. The second kappa shape index (κ2) is 9.36. The maximum Gasteiger partial charge on any atom is 0.166 e. The molecule has 0 aromatic rings. The zero-order chi connectivity index (χ0) is 17.6. The largest absolute Gasteiger partial charge is 0.391 e. The van der Waals surface area contributed by atoms with Crippen molar-refractivity contribution in [1.29, 1.82) is 0 Å². The van der Waals surface area contributed by atoms with Crippen LogP contribution in [0.15, 0.2) is 0 Å². The standard InChI is InChI=1S/C19H38O4/c1-13(2)9-7-10-14(3)11-8-12-19(6)22-17(15(4)20)18(23-19)16(5)21/h13-18,20-21H,7-12H2,1-6H3/t14?,15-,16-,17?,18?,19?/m1/s1. The molecule has 0 aliphatic carbocycles. The van der Waals surface area contributed by atoms with Crippen molar-refractivity contribution in [3.8, 4) is 0 Å². The Balaban J connectivity index is 2.36. The molecule has 2 N–H and O–H groups in total. The summed E-state index contributed by atoms with van der Waals surface area (Å²) in [4.78, 5) is 0. The molecule has 0 aromatic carbocycles. The molecule has 4 heteroatoms. The average Bonchev–Trinajstić information content (AvgIpc) is 2.77. The Labute approximate surface area is 142 Å². The summed E-state index contributed by atoms with van der Waals surface area (Å²) in [7, 11) is 0. The molecule has 1 heterocycles. The first-order valence-corrected chi connectivity index (χ1v) is 9.36. The molecule has 1 saturated heterocycles. The van der Waals surface area contributed by atoms with E-state index in [0.717, 1.165) is 24.7 Å². The Morgan fingerprint density at radius 3 is 1.74 bits per heavy atom. The van der Waals surface area contributed by atoms with E-state index in [0.29, 0.717) is 0 Å². The minimum absolute atomic E-state index is 0.455. The van der Waals surface area contributed by atoms with Gasteiger partial charge in [-0.3, -0.25) is 0 Å². The van der Waals surface area contributed by atoms with Crippen LogP contribution in [0, 0.1) is 11.8 Å². The van der Waals surface area contributed by atoms with Crippen LogP contribution in [0.3, 0.4) is 0 Å². The summed E-state index contributed by atoms with van der Waals surface area (Å²) in [5.74, 6) is 0.816. The summed E-state index contributed by atoms with van der Waals surface area (Å²) in [6.45, 7) is 12.2. The van der Waals surface area contributed by atoms with Crippen molar-refractivity contribution in [2.45, 2.75) is 110 Å². The zero-order valence-electron chi connectivity index (χ0n) is 15.9. The molecule has 138 valence electrons. The van der Waals surface area contributed by atoms with E-state index < -0.39 is 30.2 Å². The van der Waals surface area contributed by atoms with E-state index in [1.54, 1.807) is 13.8 Å². The van der Waals surface area contributed by atoms with E-state index in [1.807, 2.05) is 6.92 Å². The van der Waals surface area contributed by atoms with Gasteiger partial charge in [0, 0.05) is 6.42 Å². The second-order valence-corrected chi connectivity index (χ2v) is 8.10. The second-order valence-electron chi connectivity index (χ2n) is 8.10. The van der Waals surface area contributed by atoms with Crippen LogP contribution in [-0.4, -0.2) is 40.4 Å². The summed E-state index contributed by atoms with van der Waals surface area (Å²) in [6.07, 6.45) is 4.69. The van der Waals surface area contributed by atoms with E-state index in [-0.39, 0.29) is 0 Å². The highest BCUT2D eigenvalue weighted by atomic mass is 16.8. The topological polar surface area (TPSA) is 58.9 Å². The van der Waals surface area contributed by atoms with Gasteiger partial charge in [-0.05, 0) is 39.0 Å². The van der Waals surface area contributed by atoms with Gasteiger partial charge in [-0.1, -0.05) is 46.5 Å². The SMILES string of the molecule is CC(C)CCCC(C)CCCC1(C)OC([C@@H](C)O)C([C@@H](C)O)O1. The number of ether oxygens (including phenoxy) is 2. The fourth-order valence-electron chi connectivity index (χ4n) is 3.39. The minimum Gasteiger partial charge on any atom is -0.391 e. The quantitative estimate of drug-likeness (QED) is 0.638. The molecule has 1 aliphatic heterocycles. The smallest absolute Gasteiger partial charge is 0.166 e. The van der Waals surface area contributed by atoms with Crippen molar-refractivity contribution in [2.75, 3.05) is 0 Å². The lowest BCUT2D eigenvalue weighted by Crippen LogP contribution is -2.39. The predicted octanol–water partition coefficient (Wildman–Crippen LogP) is 3.88. The molecular weight excluding hydrogens is 292 g/mol. The molecule has 0 spiro atoms. The Kier molecular flexibility index (Phi) is 8.50. The summed E-state index contributed by atoms with van der Waals surface area (Å²) in [6, 6.07) is 0. The maximum absolute atomic E-state index is 9.84. The summed E-state index contributed by atoms with van der Waals surface area (Å²) in [5, 5.41) is 19.7. The highest BCUT2D eigenvalue weighted by Crippen LogP contribution is 2.36. The highest BCUT2D eigenvalue weighted by molar-refractivity contribution is 4.89. The first kappa shape index (κ1) is 20.9. The molecule has 4 nitrogen and oxygen atoms in total. The summed E-state index contributed by atoms with van der Waals surface area (Å²) < 4.78 is 11.9. The van der Waals surface area contributed by atoms with Crippen LogP contribution in [0.25, 0.3) is 0 Å². The summed E-state index contributed by atoms with van der Waals surface area (Å²) in [5.41, 5.74) is 0. The van der Waals surface area contributed by atoms with Gasteiger partial charge >= 0.3 is 0 Å². The van der Waals surface area contributed by atoms with Crippen LogP contribution in [0.2, 0.25) is 0 Å². The fourth-order valence-corrected chi connectivity index (χ4v) is 3.39. The van der Waals surface area contributed by atoms with E-state index in [4.69, 9.17) is 9.47 Å². The minimum atomic E-state index is -0.693. The third kappa shape index (κ3) is 7.08. The number of rotatable bonds is 10. The highest BCUT2D eigenvalue weighted by Gasteiger charge is 2.47.